The third kappa shape index (κ3) is 2.16. The van der Waals surface area contributed by atoms with E-state index in [2.05, 4.69) is 36.5 Å². The lowest BCUT2D eigenvalue weighted by molar-refractivity contribution is 0.876. The summed E-state index contributed by atoms with van der Waals surface area (Å²) in [7, 11) is 0. The highest BCUT2D eigenvalue weighted by atomic mass is 79.9. The van der Waals surface area contributed by atoms with Crippen LogP contribution in [0.4, 0.5) is 5.82 Å². The first kappa shape index (κ1) is 11.4. The van der Waals surface area contributed by atoms with E-state index in [-0.39, 0.29) is 5.69 Å². The minimum Gasteiger partial charge on any atom is -0.364 e. The Morgan fingerprint density at radius 3 is 3.17 bits per heavy atom. The lowest BCUT2D eigenvalue weighted by Crippen LogP contribution is -2.13. The molecule has 0 fully saturated rings. The summed E-state index contributed by atoms with van der Waals surface area (Å²) in [6.45, 7) is 0.668. The highest BCUT2D eigenvalue weighted by Gasteiger charge is 2.03. The molecule has 3 heterocycles. The number of hydrogen-bond donors (Lipinski definition) is 2. The highest BCUT2D eigenvalue weighted by molar-refractivity contribution is 9.10. The lowest BCUT2D eigenvalue weighted by atomic mass is 10.4. The largest absolute Gasteiger partial charge is 0.364 e. The van der Waals surface area contributed by atoms with Gasteiger partial charge >= 0.3 is 5.69 Å². The molecule has 0 saturated carbocycles. The Hall–Kier alpha value is -1.67. The van der Waals surface area contributed by atoms with Gasteiger partial charge in [0.25, 0.3) is 0 Å². The van der Waals surface area contributed by atoms with Crippen molar-refractivity contribution in [3.05, 3.63) is 43.4 Å². The molecule has 0 unspecified atom stereocenters. The number of aromatic nitrogens is 4. The van der Waals surface area contributed by atoms with Gasteiger partial charge in [-0.25, -0.2) is 9.89 Å². The maximum absolute atomic E-state index is 11.4. The molecule has 92 valence electrons. The van der Waals surface area contributed by atoms with Crippen LogP contribution in [0.15, 0.2) is 32.8 Å². The van der Waals surface area contributed by atoms with E-state index in [0.717, 1.165) is 4.47 Å². The fourth-order valence-corrected chi connectivity index (χ4v) is 2.91. The number of fused-ring (bicyclic) bond motifs is 1. The van der Waals surface area contributed by atoms with Gasteiger partial charge in [0, 0.05) is 14.7 Å². The average Bonchev–Trinajstić information content (AvgIpc) is 2.94. The monoisotopic (exact) mass is 325 g/mol. The Bertz CT molecular complexity index is 746. The van der Waals surface area contributed by atoms with Crippen LogP contribution in [0.25, 0.3) is 5.65 Å². The summed E-state index contributed by atoms with van der Waals surface area (Å²) in [6.07, 6.45) is 0. The van der Waals surface area contributed by atoms with Crippen LogP contribution in [0.1, 0.15) is 4.88 Å². The van der Waals surface area contributed by atoms with Crippen LogP contribution < -0.4 is 11.0 Å². The molecular formula is C10H8BrN5OS. The van der Waals surface area contributed by atoms with Crippen LogP contribution in [0.2, 0.25) is 0 Å². The summed E-state index contributed by atoms with van der Waals surface area (Å²) < 4.78 is 2.30. The molecule has 6 nitrogen and oxygen atoms in total. The van der Waals surface area contributed by atoms with Gasteiger partial charge in [0.1, 0.15) is 5.82 Å². The zero-order chi connectivity index (χ0) is 12.5. The van der Waals surface area contributed by atoms with Crippen molar-refractivity contribution in [2.45, 2.75) is 6.54 Å². The molecule has 8 heteroatoms. The van der Waals surface area contributed by atoms with Crippen molar-refractivity contribution in [1.82, 2.24) is 19.8 Å². The molecule has 0 amide bonds. The fourth-order valence-electron chi connectivity index (χ4n) is 1.52. The molecule has 0 atom stereocenters. The second-order valence-electron chi connectivity index (χ2n) is 3.60. The number of rotatable bonds is 3. The fraction of sp³-hybridized carbons (Fsp3) is 0.100. The van der Waals surface area contributed by atoms with E-state index in [9.17, 15) is 4.79 Å². The summed E-state index contributed by atoms with van der Waals surface area (Å²) >= 11 is 5.06. The van der Waals surface area contributed by atoms with Crippen molar-refractivity contribution in [1.29, 1.82) is 0 Å². The van der Waals surface area contributed by atoms with E-state index in [4.69, 9.17) is 0 Å². The SMILES string of the molecule is O=c1[nH]nc2ccc(NCc3cc(Br)cs3)nn12. The first-order valence-electron chi connectivity index (χ1n) is 5.13. The van der Waals surface area contributed by atoms with Crippen LogP contribution in [0.3, 0.4) is 0 Å². The van der Waals surface area contributed by atoms with Crippen LogP contribution in [0, 0.1) is 0 Å². The topological polar surface area (TPSA) is 75.1 Å². The molecule has 0 aliphatic heterocycles. The molecule has 0 aliphatic carbocycles. The maximum atomic E-state index is 11.4. The van der Waals surface area contributed by atoms with Gasteiger partial charge in [-0.05, 0) is 34.1 Å². The maximum Gasteiger partial charge on any atom is 0.364 e. The zero-order valence-electron chi connectivity index (χ0n) is 9.05. The molecule has 0 saturated heterocycles. The van der Waals surface area contributed by atoms with Crippen molar-refractivity contribution in [3.63, 3.8) is 0 Å². The van der Waals surface area contributed by atoms with Gasteiger partial charge in [-0.15, -0.1) is 16.4 Å². The Labute approximate surface area is 114 Å². The number of nitrogens with one attached hydrogen (secondary N) is 2. The summed E-state index contributed by atoms with van der Waals surface area (Å²) in [5, 5.41) is 15.5. The molecule has 0 aromatic carbocycles. The van der Waals surface area contributed by atoms with E-state index in [0.29, 0.717) is 18.0 Å². The number of thiophene rings is 1. The minimum atomic E-state index is -0.340. The van der Waals surface area contributed by atoms with E-state index in [1.807, 2.05) is 11.4 Å². The van der Waals surface area contributed by atoms with Crippen molar-refractivity contribution < 1.29 is 0 Å². The van der Waals surface area contributed by atoms with Gasteiger partial charge in [-0.2, -0.15) is 9.61 Å². The summed E-state index contributed by atoms with van der Waals surface area (Å²) in [4.78, 5) is 12.5. The number of hydrogen-bond acceptors (Lipinski definition) is 5. The molecule has 3 rings (SSSR count). The molecular weight excluding hydrogens is 318 g/mol. The molecule has 0 spiro atoms. The highest BCUT2D eigenvalue weighted by Crippen LogP contribution is 2.20. The number of nitrogens with zero attached hydrogens (tertiary/aromatic N) is 3. The van der Waals surface area contributed by atoms with Crippen LogP contribution >= 0.6 is 27.3 Å². The van der Waals surface area contributed by atoms with Gasteiger partial charge in [-0.1, -0.05) is 0 Å². The summed E-state index contributed by atoms with van der Waals surface area (Å²) in [5.74, 6) is 0.635. The van der Waals surface area contributed by atoms with Gasteiger partial charge in [0.2, 0.25) is 0 Å². The minimum absolute atomic E-state index is 0.340. The third-order valence-corrected chi connectivity index (χ3v) is 4.04. The average molecular weight is 326 g/mol. The molecule has 0 radical (unpaired) electrons. The van der Waals surface area contributed by atoms with E-state index < -0.39 is 0 Å². The lowest BCUT2D eigenvalue weighted by Gasteiger charge is -2.02. The van der Waals surface area contributed by atoms with Gasteiger partial charge in [0.05, 0.1) is 6.54 Å². The van der Waals surface area contributed by atoms with Crippen molar-refractivity contribution in [2.75, 3.05) is 5.32 Å². The number of aromatic amines is 1. The first-order chi connectivity index (χ1) is 8.72. The normalized spacial score (nSPS) is 10.9. The second kappa shape index (κ2) is 4.54. The second-order valence-corrected chi connectivity index (χ2v) is 5.51. The Morgan fingerprint density at radius 1 is 1.50 bits per heavy atom. The molecule has 2 N–H and O–H groups in total. The van der Waals surface area contributed by atoms with E-state index in [1.165, 1.54) is 9.39 Å². The van der Waals surface area contributed by atoms with Gasteiger partial charge in [-0.3, -0.25) is 0 Å². The van der Waals surface area contributed by atoms with E-state index in [1.54, 1.807) is 23.5 Å². The summed E-state index contributed by atoms with van der Waals surface area (Å²) in [5.41, 5.74) is 0.164. The molecule has 0 bridgehead atoms. The van der Waals surface area contributed by atoms with Crippen molar-refractivity contribution >= 4 is 38.7 Å². The Balaban J connectivity index is 1.82. The van der Waals surface area contributed by atoms with Crippen LogP contribution in [-0.2, 0) is 6.54 Å². The Kier molecular flexibility index (Phi) is 2.88. The van der Waals surface area contributed by atoms with E-state index >= 15 is 0 Å². The zero-order valence-corrected chi connectivity index (χ0v) is 11.5. The van der Waals surface area contributed by atoms with Crippen molar-refractivity contribution in [2.24, 2.45) is 0 Å². The first-order valence-corrected chi connectivity index (χ1v) is 6.81. The molecule has 3 aromatic heterocycles. The molecule has 3 aromatic rings. The summed E-state index contributed by atoms with van der Waals surface area (Å²) in [6, 6.07) is 5.57. The standard InChI is InChI=1S/C10H8BrN5OS/c11-6-3-7(18-5-6)4-12-8-1-2-9-13-14-10(17)16(9)15-8/h1-3,5H,4H2,(H,12,15)(H,14,17). The molecule has 18 heavy (non-hydrogen) atoms. The van der Waals surface area contributed by atoms with Gasteiger partial charge < -0.3 is 5.32 Å². The van der Waals surface area contributed by atoms with Crippen molar-refractivity contribution in [3.8, 4) is 0 Å². The predicted molar refractivity (Wildman–Crippen MR) is 73.0 cm³/mol. The van der Waals surface area contributed by atoms with Crippen LogP contribution in [-0.4, -0.2) is 19.8 Å². The number of H-pyrrole nitrogens is 1. The quantitative estimate of drug-likeness (QED) is 0.770. The third-order valence-electron chi connectivity index (χ3n) is 2.34. The Morgan fingerprint density at radius 2 is 2.39 bits per heavy atom. The molecule has 0 aliphatic rings. The van der Waals surface area contributed by atoms with Gasteiger partial charge in [0.15, 0.2) is 5.65 Å². The predicted octanol–water partition coefficient (Wildman–Crippen LogP) is 1.85. The number of halogens is 1. The van der Waals surface area contributed by atoms with Crippen LogP contribution in [0.5, 0.6) is 0 Å². The number of anilines is 1. The smallest absolute Gasteiger partial charge is 0.364 e.